The van der Waals surface area contributed by atoms with Crippen molar-refractivity contribution in [2.75, 3.05) is 0 Å². The molecule has 2 aliphatic rings. The van der Waals surface area contributed by atoms with Gasteiger partial charge in [-0.3, -0.25) is 0 Å². The Bertz CT molecular complexity index is 405. The molecule has 16 heavy (non-hydrogen) atoms. The predicted octanol–water partition coefficient (Wildman–Crippen LogP) is 1.95. The Kier molecular flexibility index (Phi) is 2.51. The number of rotatable bonds is 2. The van der Waals surface area contributed by atoms with E-state index in [0.29, 0.717) is 23.8 Å². The molecular formula is C11H16IN3O. The van der Waals surface area contributed by atoms with Crippen molar-refractivity contribution in [3.8, 4) is 0 Å². The molecule has 2 saturated carbocycles. The summed E-state index contributed by atoms with van der Waals surface area (Å²) in [6.07, 6.45) is 1.84. The number of fused-ring (bicyclic) bond motifs is 1. The van der Waals surface area contributed by atoms with Crippen LogP contribution in [-0.2, 0) is 0 Å². The van der Waals surface area contributed by atoms with E-state index in [2.05, 4.69) is 51.2 Å². The Labute approximate surface area is 109 Å². The molecule has 1 aromatic rings. The van der Waals surface area contributed by atoms with Crippen LogP contribution >= 0.6 is 22.6 Å². The molecule has 1 aromatic heterocycles. The first kappa shape index (κ1) is 11.0. The fourth-order valence-electron chi connectivity index (χ4n) is 3.11. The molecule has 0 saturated heterocycles. The van der Waals surface area contributed by atoms with Crippen LogP contribution in [0.3, 0.4) is 0 Å². The number of aliphatic hydroxyl groups excluding tert-OH is 1. The lowest BCUT2D eigenvalue weighted by atomic mass is 10.1. The molecule has 4 atom stereocenters. The fourth-order valence-corrected chi connectivity index (χ4v) is 3.59. The molecule has 0 bridgehead atoms. The van der Waals surface area contributed by atoms with Crippen molar-refractivity contribution in [3.05, 3.63) is 9.66 Å². The summed E-state index contributed by atoms with van der Waals surface area (Å²) >= 11 is 2.18. The molecule has 0 spiro atoms. The third-order valence-corrected chi connectivity index (χ3v) is 4.30. The van der Waals surface area contributed by atoms with Gasteiger partial charge in [-0.2, -0.15) is 0 Å². The van der Waals surface area contributed by atoms with Gasteiger partial charge < -0.3 is 5.11 Å². The second kappa shape index (κ2) is 3.66. The lowest BCUT2D eigenvalue weighted by molar-refractivity contribution is 0.164. The first-order chi connectivity index (χ1) is 7.58. The van der Waals surface area contributed by atoms with E-state index in [1.165, 1.54) is 0 Å². The largest absolute Gasteiger partial charge is 0.393 e. The molecule has 0 aliphatic heterocycles. The summed E-state index contributed by atoms with van der Waals surface area (Å²) in [5, 5.41) is 14.0. The second-order valence-corrected chi connectivity index (χ2v) is 6.22. The highest BCUT2D eigenvalue weighted by Crippen LogP contribution is 2.62. The summed E-state index contributed by atoms with van der Waals surface area (Å²) in [5.74, 6) is 3.02. The average molecular weight is 333 g/mol. The van der Waals surface area contributed by atoms with Crippen LogP contribution in [0.25, 0.3) is 0 Å². The Morgan fingerprint density at radius 1 is 1.38 bits per heavy atom. The van der Waals surface area contributed by atoms with Gasteiger partial charge in [-0.05, 0) is 38.5 Å². The Morgan fingerprint density at radius 2 is 2.00 bits per heavy atom. The topological polar surface area (TPSA) is 50.9 Å². The van der Waals surface area contributed by atoms with E-state index in [0.717, 1.165) is 22.5 Å². The molecule has 88 valence electrons. The van der Waals surface area contributed by atoms with Gasteiger partial charge in [0.05, 0.1) is 6.10 Å². The zero-order valence-corrected chi connectivity index (χ0v) is 11.6. The lowest BCUT2D eigenvalue weighted by Crippen LogP contribution is -2.11. The van der Waals surface area contributed by atoms with Crippen molar-refractivity contribution >= 4 is 22.6 Å². The highest BCUT2D eigenvalue weighted by Gasteiger charge is 2.58. The van der Waals surface area contributed by atoms with Crippen LogP contribution in [0.2, 0.25) is 0 Å². The van der Waals surface area contributed by atoms with E-state index in [4.69, 9.17) is 0 Å². The molecule has 0 radical (unpaired) electrons. The van der Waals surface area contributed by atoms with E-state index in [1.807, 2.05) is 0 Å². The summed E-state index contributed by atoms with van der Waals surface area (Å²) in [6.45, 7) is 4.28. The van der Waals surface area contributed by atoms with Crippen LogP contribution in [-0.4, -0.2) is 26.0 Å². The summed E-state index contributed by atoms with van der Waals surface area (Å²) in [4.78, 5) is 4.56. The van der Waals surface area contributed by atoms with E-state index in [1.54, 1.807) is 0 Å². The van der Waals surface area contributed by atoms with E-state index in [-0.39, 0.29) is 6.10 Å². The van der Waals surface area contributed by atoms with Crippen molar-refractivity contribution < 1.29 is 5.11 Å². The number of halogens is 1. The van der Waals surface area contributed by atoms with Gasteiger partial charge in [0, 0.05) is 34.6 Å². The molecule has 4 nitrogen and oxygen atoms in total. The van der Waals surface area contributed by atoms with E-state index < -0.39 is 0 Å². The Balaban J connectivity index is 1.86. The molecular weight excluding hydrogens is 317 g/mol. The first-order valence-corrected chi connectivity index (χ1v) is 6.95. The van der Waals surface area contributed by atoms with E-state index >= 15 is 0 Å². The number of aliphatic hydroxyl groups is 1. The standard InChI is InChI=1S/C11H16IN3O/c1-5(2)15-10(13-11(12)14-15)9-7-3-6(16)4-8(7)9/h5-9,16H,3-4H2,1-2H3/t6?,7-,8+,9+. The van der Waals surface area contributed by atoms with Crippen molar-refractivity contribution in [2.45, 2.75) is 44.8 Å². The third kappa shape index (κ3) is 1.59. The Morgan fingerprint density at radius 3 is 2.56 bits per heavy atom. The molecule has 1 N–H and O–H groups in total. The van der Waals surface area contributed by atoms with Crippen LogP contribution in [0.5, 0.6) is 0 Å². The number of hydrogen-bond donors (Lipinski definition) is 1. The Hall–Kier alpha value is -0.170. The summed E-state index contributed by atoms with van der Waals surface area (Å²) in [6, 6.07) is 0.372. The maximum Gasteiger partial charge on any atom is 0.211 e. The highest BCUT2D eigenvalue weighted by molar-refractivity contribution is 14.1. The minimum Gasteiger partial charge on any atom is -0.393 e. The number of aromatic nitrogens is 3. The van der Waals surface area contributed by atoms with Gasteiger partial charge in [-0.1, -0.05) is 0 Å². The van der Waals surface area contributed by atoms with E-state index in [9.17, 15) is 5.11 Å². The van der Waals surface area contributed by atoms with Crippen LogP contribution in [0.4, 0.5) is 0 Å². The molecule has 5 heteroatoms. The van der Waals surface area contributed by atoms with Gasteiger partial charge in [0.2, 0.25) is 3.83 Å². The van der Waals surface area contributed by atoms with Crippen LogP contribution < -0.4 is 0 Å². The molecule has 0 amide bonds. The zero-order chi connectivity index (χ0) is 11.4. The third-order valence-electron chi connectivity index (χ3n) is 3.84. The maximum absolute atomic E-state index is 9.53. The molecule has 1 heterocycles. The predicted molar refractivity (Wildman–Crippen MR) is 68.1 cm³/mol. The quantitative estimate of drug-likeness (QED) is 0.842. The van der Waals surface area contributed by atoms with Crippen LogP contribution in [0.1, 0.15) is 44.5 Å². The molecule has 3 rings (SSSR count). The van der Waals surface area contributed by atoms with Gasteiger partial charge in [0.25, 0.3) is 0 Å². The molecule has 2 fully saturated rings. The second-order valence-electron chi connectivity index (χ2n) is 5.26. The van der Waals surface area contributed by atoms with Gasteiger partial charge in [0.15, 0.2) is 0 Å². The minimum absolute atomic E-state index is 0.0688. The number of nitrogens with zero attached hydrogens (tertiary/aromatic N) is 3. The monoisotopic (exact) mass is 333 g/mol. The van der Waals surface area contributed by atoms with Crippen molar-refractivity contribution in [3.63, 3.8) is 0 Å². The first-order valence-electron chi connectivity index (χ1n) is 5.88. The fraction of sp³-hybridized carbons (Fsp3) is 0.818. The summed E-state index contributed by atoms with van der Waals surface area (Å²) in [5.41, 5.74) is 0. The van der Waals surface area contributed by atoms with Gasteiger partial charge in [-0.25, -0.2) is 9.67 Å². The van der Waals surface area contributed by atoms with Gasteiger partial charge in [0.1, 0.15) is 5.82 Å². The summed E-state index contributed by atoms with van der Waals surface area (Å²) in [7, 11) is 0. The van der Waals surface area contributed by atoms with Gasteiger partial charge >= 0.3 is 0 Å². The normalized spacial score (nSPS) is 36.8. The minimum atomic E-state index is -0.0688. The van der Waals surface area contributed by atoms with Crippen molar-refractivity contribution in [1.29, 1.82) is 0 Å². The number of hydrogen-bond acceptors (Lipinski definition) is 3. The van der Waals surface area contributed by atoms with Crippen LogP contribution in [0.15, 0.2) is 0 Å². The average Bonchev–Trinajstić information content (AvgIpc) is 2.60. The molecule has 0 aromatic carbocycles. The van der Waals surface area contributed by atoms with Crippen molar-refractivity contribution in [2.24, 2.45) is 11.8 Å². The van der Waals surface area contributed by atoms with Gasteiger partial charge in [-0.15, -0.1) is 5.10 Å². The molecule has 2 aliphatic carbocycles. The maximum atomic E-state index is 9.53. The smallest absolute Gasteiger partial charge is 0.211 e. The zero-order valence-electron chi connectivity index (χ0n) is 9.47. The highest BCUT2D eigenvalue weighted by atomic mass is 127. The molecule has 1 unspecified atom stereocenters. The van der Waals surface area contributed by atoms with Crippen LogP contribution in [0, 0.1) is 15.7 Å². The SMILES string of the molecule is CC(C)n1nc(I)nc1[C@H]1[C@@H]2CC(O)C[C@@H]21. The summed E-state index contributed by atoms with van der Waals surface area (Å²) < 4.78 is 2.89. The lowest BCUT2D eigenvalue weighted by Gasteiger charge is -2.11. The van der Waals surface area contributed by atoms with Crippen molar-refractivity contribution in [1.82, 2.24) is 14.8 Å².